The summed E-state index contributed by atoms with van der Waals surface area (Å²) in [6, 6.07) is -0.187. The second-order valence-electron chi connectivity index (χ2n) is 8.18. The number of hydrogen-bond acceptors (Lipinski definition) is 6. The van der Waals surface area contributed by atoms with Crippen molar-refractivity contribution in [2.24, 2.45) is 5.41 Å². The number of amides is 1. The summed E-state index contributed by atoms with van der Waals surface area (Å²) in [7, 11) is 0. The van der Waals surface area contributed by atoms with Gasteiger partial charge in [-0.3, -0.25) is 9.59 Å². The van der Waals surface area contributed by atoms with Crippen molar-refractivity contribution in [1.82, 2.24) is 20.3 Å². The molecule has 8 heteroatoms. The third-order valence-electron chi connectivity index (χ3n) is 3.49. The second-order valence-corrected chi connectivity index (χ2v) is 8.18. The molecule has 0 aromatic carbocycles. The molecule has 0 saturated carbocycles. The lowest BCUT2D eigenvalue weighted by atomic mass is 9.84. The third-order valence-corrected chi connectivity index (χ3v) is 3.49. The predicted molar refractivity (Wildman–Crippen MR) is 92.4 cm³/mol. The molecule has 1 atom stereocenters. The molecule has 8 nitrogen and oxygen atoms in total. The van der Waals surface area contributed by atoms with E-state index in [9.17, 15) is 9.59 Å². The van der Waals surface area contributed by atoms with E-state index in [0.29, 0.717) is 12.1 Å². The van der Waals surface area contributed by atoms with Crippen molar-refractivity contribution in [3.8, 4) is 0 Å². The maximum absolute atomic E-state index is 12.3. The van der Waals surface area contributed by atoms with Gasteiger partial charge >= 0.3 is 5.97 Å². The summed E-state index contributed by atoms with van der Waals surface area (Å²) in [6.45, 7) is 11.3. The minimum absolute atomic E-state index is 0.00597. The largest absolute Gasteiger partial charge is 0.460 e. The van der Waals surface area contributed by atoms with Crippen molar-refractivity contribution in [3.05, 3.63) is 11.9 Å². The summed E-state index contributed by atoms with van der Waals surface area (Å²) >= 11 is 0. The SMILES string of the molecule is CC(C)(C)OC(=O)CC[C@H](NC(=O)Cn1cc(CO)nn1)C(C)(C)C. The fraction of sp³-hybridized carbons (Fsp3) is 0.765. The maximum atomic E-state index is 12.3. The highest BCUT2D eigenvalue weighted by Gasteiger charge is 2.28. The Kier molecular flexibility index (Phi) is 7.10. The Labute approximate surface area is 148 Å². The van der Waals surface area contributed by atoms with Gasteiger partial charge in [-0.25, -0.2) is 4.68 Å². The Morgan fingerprint density at radius 1 is 1.28 bits per heavy atom. The standard InChI is InChI=1S/C17H30N4O4/c1-16(2,3)13(7-8-15(24)25-17(4,5)6)18-14(23)10-21-9-12(11-22)19-20-21/h9,13,22H,7-8,10-11H2,1-6H3,(H,18,23)/t13-/m0/s1. The first-order chi connectivity index (χ1) is 11.4. The molecule has 0 unspecified atom stereocenters. The first-order valence-corrected chi connectivity index (χ1v) is 8.42. The van der Waals surface area contributed by atoms with Gasteiger partial charge in [-0.1, -0.05) is 26.0 Å². The van der Waals surface area contributed by atoms with Crippen LogP contribution in [-0.4, -0.2) is 43.6 Å². The summed E-state index contributed by atoms with van der Waals surface area (Å²) in [5.41, 5.74) is -0.323. The number of nitrogens with zero attached hydrogens (tertiary/aromatic N) is 3. The summed E-state index contributed by atoms with van der Waals surface area (Å²) in [5, 5.41) is 19.4. The monoisotopic (exact) mass is 354 g/mol. The normalized spacial score (nSPS) is 13.4. The van der Waals surface area contributed by atoms with Gasteiger partial charge in [-0.05, 0) is 32.6 Å². The van der Waals surface area contributed by atoms with Crippen molar-refractivity contribution < 1.29 is 19.4 Å². The molecule has 0 bridgehead atoms. The number of aliphatic hydroxyl groups is 1. The molecule has 2 N–H and O–H groups in total. The Morgan fingerprint density at radius 2 is 1.92 bits per heavy atom. The van der Waals surface area contributed by atoms with Crippen molar-refractivity contribution >= 4 is 11.9 Å². The van der Waals surface area contributed by atoms with Crippen LogP contribution in [-0.2, 0) is 27.5 Å². The van der Waals surface area contributed by atoms with Gasteiger partial charge < -0.3 is 15.2 Å². The molecule has 0 aliphatic rings. The zero-order valence-electron chi connectivity index (χ0n) is 16.0. The van der Waals surface area contributed by atoms with Crippen LogP contribution in [0, 0.1) is 5.41 Å². The highest BCUT2D eigenvalue weighted by atomic mass is 16.6. The van der Waals surface area contributed by atoms with Crippen LogP contribution >= 0.6 is 0 Å². The van der Waals surface area contributed by atoms with Crippen LogP contribution in [0.15, 0.2) is 6.20 Å². The molecule has 0 aliphatic heterocycles. The van der Waals surface area contributed by atoms with Crippen molar-refractivity contribution in [2.75, 3.05) is 0 Å². The molecule has 1 rings (SSSR count). The fourth-order valence-corrected chi connectivity index (χ4v) is 2.25. The summed E-state index contributed by atoms with van der Waals surface area (Å²) in [5.74, 6) is -0.502. The van der Waals surface area contributed by atoms with E-state index in [-0.39, 0.29) is 42.9 Å². The number of aliphatic hydroxyl groups excluding tert-OH is 1. The van der Waals surface area contributed by atoms with Gasteiger partial charge in [-0.15, -0.1) is 5.10 Å². The Hall–Kier alpha value is -1.96. The van der Waals surface area contributed by atoms with Gasteiger partial charge in [0.05, 0.1) is 12.8 Å². The van der Waals surface area contributed by atoms with Gasteiger partial charge in [0.2, 0.25) is 5.91 Å². The van der Waals surface area contributed by atoms with Gasteiger partial charge in [0.25, 0.3) is 0 Å². The van der Waals surface area contributed by atoms with Crippen LogP contribution in [0.5, 0.6) is 0 Å². The van der Waals surface area contributed by atoms with Gasteiger partial charge in [0, 0.05) is 12.5 Å². The van der Waals surface area contributed by atoms with Crippen LogP contribution in [0.1, 0.15) is 60.1 Å². The minimum Gasteiger partial charge on any atom is -0.460 e. The summed E-state index contributed by atoms with van der Waals surface area (Å²) < 4.78 is 6.69. The lowest BCUT2D eigenvalue weighted by molar-refractivity contribution is -0.155. The first kappa shape index (κ1) is 21.1. The van der Waals surface area contributed by atoms with Crippen molar-refractivity contribution in [3.63, 3.8) is 0 Å². The van der Waals surface area contributed by atoms with Crippen LogP contribution < -0.4 is 5.32 Å². The Balaban J connectivity index is 2.60. The van der Waals surface area contributed by atoms with Gasteiger partial charge in [-0.2, -0.15) is 0 Å². The van der Waals surface area contributed by atoms with E-state index in [1.54, 1.807) is 0 Å². The van der Waals surface area contributed by atoms with Gasteiger partial charge in [0.1, 0.15) is 17.8 Å². The molecular weight excluding hydrogens is 324 g/mol. The van der Waals surface area contributed by atoms with E-state index in [2.05, 4.69) is 15.6 Å². The zero-order valence-corrected chi connectivity index (χ0v) is 16.0. The molecule has 0 saturated heterocycles. The molecule has 1 aromatic rings. The highest BCUT2D eigenvalue weighted by Crippen LogP contribution is 2.23. The molecule has 0 fully saturated rings. The molecule has 25 heavy (non-hydrogen) atoms. The maximum Gasteiger partial charge on any atom is 0.306 e. The van der Waals surface area contributed by atoms with Crippen LogP contribution in [0.25, 0.3) is 0 Å². The number of ether oxygens (including phenoxy) is 1. The molecule has 0 radical (unpaired) electrons. The molecule has 142 valence electrons. The van der Waals surface area contributed by atoms with E-state index in [0.717, 1.165) is 0 Å². The third kappa shape index (κ3) is 8.11. The van der Waals surface area contributed by atoms with E-state index in [4.69, 9.17) is 9.84 Å². The molecule has 1 amide bonds. The van der Waals surface area contributed by atoms with Crippen molar-refractivity contribution in [1.29, 1.82) is 0 Å². The molecule has 1 aromatic heterocycles. The van der Waals surface area contributed by atoms with Crippen LogP contribution in [0.2, 0.25) is 0 Å². The number of aromatic nitrogens is 3. The summed E-state index contributed by atoms with van der Waals surface area (Å²) in [4.78, 5) is 24.2. The molecule has 1 heterocycles. The smallest absolute Gasteiger partial charge is 0.306 e. The second kappa shape index (κ2) is 8.42. The predicted octanol–water partition coefficient (Wildman–Crippen LogP) is 1.42. The fourth-order valence-electron chi connectivity index (χ4n) is 2.25. The van der Waals surface area contributed by atoms with E-state index < -0.39 is 5.60 Å². The minimum atomic E-state index is -0.519. The average molecular weight is 354 g/mol. The Bertz CT molecular complexity index is 584. The lowest BCUT2D eigenvalue weighted by Crippen LogP contribution is -2.45. The number of rotatable bonds is 7. The summed E-state index contributed by atoms with van der Waals surface area (Å²) in [6.07, 6.45) is 2.24. The zero-order chi connectivity index (χ0) is 19.3. The number of nitrogens with one attached hydrogen (secondary N) is 1. The van der Waals surface area contributed by atoms with E-state index in [1.165, 1.54) is 10.9 Å². The molecule has 0 spiro atoms. The highest BCUT2D eigenvalue weighted by molar-refractivity contribution is 5.76. The topological polar surface area (TPSA) is 106 Å². The van der Waals surface area contributed by atoms with Crippen LogP contribution in [0.3, 0.4) is 0 Å². The van der Waals surface area contributed by atoms with Crippen molar-refractivity contribution in [2.45, 2.75) is 79.2 Å². The van der Waals surface area contributed by atoms with Crippen LogP contribution in [0.4, 0.5) is 0 Å². The number of esters is 1. The van der Waals surface area contributed by atoms with E-state index in [1.807, 2.05) is 41.5 Å². The molecule has 0 aliphatic carbocycles. The number of hydrogen-bond donors (Lipinski definition) is 2. The number of carbonyl (C=O) groups excluding carboxylic acids is 2. The first-order valence-electron chi connectivity index (χ1n) is 8.42. The average Bonchev–Trinajstić information content (AvgIpc) is 2.87. The Morgan fingerprint density at radius 3 is 2.40 bits per heavy atom. The quantitative estimate of drug-likeness (QED) is 0.717. The van der Waals surface area contributed by atoms with E-state index >= 15 is 0 Å². The van der Waals surface area contributed by atoms with Gasteiger partial charge in [0.15, 0.2) is 0 Å². The lowest BCUT2D eigenvalue weighted by Gasteiger charge is -2.31. The number of carbonyl (C=O) groups is 2. The molecular formula is C17H30N4O4.